The molecule has 2 fully saturated rings. The second-order valence-electron chi connectivity index (χ2n) is 7.78. The number of thioether (sulfide) groups is 1. The maximum absolute atomic E-state index is 12.9. The zero-order valence-corrected chi connectivity index (χ0v) is 17.0. The molecule has 27 heavy (non-hydrogen) atoms. The molecule has 144 valence electrons. The lowest BCUT2D eigenvalue weighted by molar-refractivity contribution is -0.131. The summed E-state index contributed by atoms with van der Waals surface area (Å²) in [5, 5.41) is 5.27. The second kappa shape index (κ2) is 8.05. The predicted octanol–water partition coefficient (Wildman–Crippen LogP) is 4.42. The molecule has 0 bridgehead atoms. The van der Waals surface area contributed by atoms with Crippen molar-refractivity contribution in [2.24, 2.45) is 0 Å². The summed E-state index contributed by atoms with van der Waals surface area (Å²) < 4.78 is 1.96. The number of amides is 1. The molecule has 0 aliphatic heterocycles. The van der Waals surface area contributed by atoms with E-state index in [2.05, 4.69) is 12.1 Å². The smallest absolute Gasteiger partial charge is 0.235 e. The van der Waals surface area contributed by atoms with Crippen molar-refractivity contribution < 1.29 is 4.79 Å². The molecule has 0 saturated heterocycles. The minimum Gasteiger partial charge on any atom is -0.342 e. The van der Waals surface area contributed by atoms with Gasteiger partial charge >= 0.3 is 0 Å². The summed E-state index contributed by atoms with van der Waals surface area (Å²) in [6, 6.07) is 10.6. The molecule has 1 amide bonds. The first-order chi connectivity index (χ1) is 13.1. The lowest BCUT2D eigenvalue weighted by atomic mass is 9.94. The Balaban J connectivity index is 1.48. The fourth-order valence-corrected chi connectivity index (χ4v) is 4.72. The number of hydrogen-bond acceptors (Lipinski definition) is 4. The van der Waals surface area contributed by atoms with Crippen molar-refractivity contribution in [3.63, 3.8) is 0 Å². The van der Waals surface area contributed by atoms with Crippen LogP contribution in [0.3, 0.4) is 0 Å². The van der Waals surface area contributed by atoms with Crippen LogP contribution in [-0.4, -0.2) is 43.9 Å². The SMILES string of the molecule is C[C@H](Sc1nc(C2CC2)n(-c2ccccc2)n1)C(=O)N(C)C1CCCCC1. The maximum atomic E-state index is 12.9. The molecule has 2 saturated carbocycles. The standard InChI is InChI=1S/C21H28N4OS/c1-15(20(26)24(2)17-9-5-3-6-10-17)27-21-22-19(16-13-14-16)25(23-21)18-11-7-4-8-12-18/h4,7-8,11-12,15-17H,3,5-6,9-10,13-14H2,1-2H3/t15-/m0/s1. The minimum absolute atomic E-state index is 0.171. The highest BCUT2D eigenvalue weighted by Gasteiger charge is 2.32. The average molecular weight is 385 g/mol. The number of benzene rings is 1. The minimum atomic E-state index is -0.171. The van der Waals surface area contributed by atoms with Crippen LogP contribution in [0.5, 0.6) is 0 Å². The van der Waals surface area contributed by atoms with Crippen LogP contribution in [0.25, 0.3) is 5.69 Å². The fourth-order valence-electron chi connectivity index (χ4n) is 3.86. The fraction of sp³-hybridized carbons (Fsp3) is 0.571. The first-order valence-corrected chi connectivity index (χ1v) is 11.0. The zero-order valence-electron chi connectivity index (χ0n) is 16.2. The number of rotatable bonds is 6. The van der Waals surface area contributed by atoms with E-state index in [0.717, 1.165) is 24.4 Å². The van der Waals surface area contributed by atoms with E-state index >= 15 is 0 Å². The van der Waals surface area contributed by atoms with E-state index in [-0.39, 0.29) is 11.2 Å². The van der Waals surface area contributed by atoms with Gasteiger partial charge in [0.25, 0.3) is 0 Å². The van der Waals surface area contributed by atoms with Crippen LogP contribution in [0.15, 0.2) is 35.5 Å². The van der Waals surface area contributed by atoms with Gasteiger partial charge in [-0.25, -0.2) is 9.67 Å². The van der Waals surface area contributed by atoms with Gasteiger partial charge in [-0.1, -0.05) is 49.2 Å². The summed E-state index contributed by atoms with van der Waals surface area (Å²) in [6.45, 7) is 1.98. The van der Waals surface area contributed by atoms with E-state index in [1.165, 1.54) is 43.9 Å². The second-order valence-corrected chi connectivity index (χ2v) is 9.08. The summed E-state index contributed by atoms with van der Waals surface area (Å²) in [5.74, 6) is 1.72. The zero-order chi connectivity index (χ0) is 18.8. The molecule has 2 aliphatic rings. The highest BCUT2D eigenvalue weighted by molar-refractivity contribution is 8.00. The molecule has 0 radical (unpaired) electrons. The van der Waals surface area contributed by atoms with Gasteiger partial charge in [0.15, 0.2) is 0 Å². The van der Waals surface area contributed by atoms with Gasteiger partial charge in [-0.3, -0.25) is 4.79 Å². The molecule has 0 spiro atoms. The Morgan fingerprint density at radius 1 is 1.15 bits per heavy atom. The van der Waals surface area contributed by atoms with Gasteiger partial charge in [0.2, 0.25) is 11.1 Å². The van der Waals surface area contributed by atoms with Crippen LogP contribution in [0.2, 0.25) is 0 Å². The molecule has 4 rings (SSSR count). The third-order valence-corrected chi connectivity index (χ3v) is 6.59. The number of carbonyl (C=O) groups excluding carboxylic acids is 1. The monoisotopic (exact) mass is 384 g/mol. The number of carbonyl (C=O) groups is 1. The molecule has 6 heteroatoms. The Morgan fingerprint density at radius 3 is 2.52 bits per heavy atom. The van der Waals surface area contributed by atoms with Gasteiger partial charge in [-0.15, -0.1) is 5.10 Å². The normalized spacial score (nSPS) is 19.0. The van der Waals surface area contributed by atoms with E-state index in [9.17, 15) is 4.79 Å². The van der Waals surface area contributed by atoms with E-state index < -0.39 is 0 Å². The molecule has 0 unspecified atom stereocenters. The van der Waals surface area contributed by atoms with Gasteiger partial charge < -0.3 is 4.90 Å². The topological polar surface area (TPSA) is 51.0 Å². The van der Waals surface area contributed by atoms with Crippen LogP contribution in [0.4, 0.5) is 0 Å². The number of para-hydroxylation sites is 1. The highest BCUT2D eigenvalue weighted by atomic mass is 32.2. The summed E-state index contributed by atoms with van der Waals surface area (Å²) in [5.41, 5.74) is 1.04. The molecule has 0 N–H and O–H groups in total. The van der Waals surface area contributed by atoms with Gasteiger partial charge in [0.05, 0.1) is 10.9 Å². The van der Waals surface area contributed by atoms with E-state index in [1.54, 1.807) is 0 Å². The molecule has 1 aromatic carbocycles. The molecule has 2 aliphatic carbocycles. The van der Waals surface area contributed by atoms with Gasteiger partial charge in [-0.05, 0) is 44.7 Å². The van der Waals surface area contributed by atoms with Gasteiger partial charge in [0.1, 0.15) is 5.82 Å². The Hall–Kier alpha value is -1.82. The van der Waals surface area contributed by atoms with Crippen LogP contribution >= 0.6 is 11.8 Å². The van der Waals surface area contributed by atoms with Crippen molar-refractivity contribution in [3.8, 4) is 5.69 Å². The van der Waals surface area contributed by atoms with E-state index in [0.29, 0.717) is 17.1 Å². The first kappa shape index (κ1) is 18.5. The quantitative estimate of drug-likeness (QED) is 0.692. The Kier molecular flexibility index (Phi) is 5.53. The molecule has 2 aromatic rings. The van der Waals surface area contributed by atoms with Crippen molar-refractivity contribution in [3.05, 3.63) is 36.2 Å². The van der Waals surface area contributed by atoms with Crippen LogP contribution in [0, 0.1) is 0 Å². The lowest BCUT2D eigenvalue weighted by Gasteiger charge is -2.32. The molecule has 1 heterocycles. The number of hydrogen-bond donors (Lipinski definition) is 0. The van der Waals surface area contributed by atoms with Crippen LogP contribution in [0.1, 0.15) is 63.6 Å². The summed E-state index contributed by atoms with van der Waals surface area (Å²) >= 11 is 1.48. The number of nitrogens with zero attached hydrogens (tertiary/aromatic N) is 4. The Labute approximate surface area is 165 Å². The van der Waals surface area contributed by atoms with Crippen molar-refractivity contribution in [2.75, 3.05) is 7.05 Å². The maximum Gasteiger partial charge on any atom is 0.235 e. The first-order valence-electron chi connectivity index (χ1n) is 10.1. The molecular weight excluding hydrogens is 356 g/mol. The molecule has 1 atom stereocenters. The van der Waals surface area contributed by atoms with E-state index in [1.807, 2.05) is 41.8 Å². The molecular formula is C21H28N4OS. The van der Waals surface area contributed by atoms with Crippen LogP contribution < -0.4 is 0 Å². The molecule has 1 aromatic heterocycles. The van der Waals surface area contributed by atoms with Crippen LogP contribution in [-0.2, 0) is 4.79 Å². The van der Waals surface area contributed by atoms with Crippen molar-refractivity contribution >= 4 is 17.7 Å². The van der Waals surface area contributed by atoms with Crippen molar-refractivity contribution in [1.29, 1.82) is 0 Å². The third-order valence-electron chi connectivity index (χ3n) is 5.66. The summed E-state index contributed by atoms with van der Waals surface area (Å²) in [6.07, 6.45) is 8.38. The Bertz CT molecular complexity index is 781. The highest BCUT2D eigenvalue weighted by Crippen LogP contribution is 2.40. The average Bonchev–Trinajstić information content (AvgIpc) is 3.48. The summed E-state index contributed by atoms with van der Waals surface area (Å²) in [7, 11) is 1.96. The number of aromatic nitrogens is 3. The van der Waals surface area contributed by atoms with Gasteiger partial charge in [0, 0.05) is 19.0 Å². The lowest BCUT2D eigenvalue weighted by Crippen LogP contribution is -2.42. The summed E-state index contributed by atoms with van der Waals surface area (Å²) in [4.78, 5) is 19.6. The van der Waals surface area contributed by atoms with Crippen molar-refractivity contribution in [2.45, 2.75) is 74.2 Å². The Morgan fingerprint density at radius 2 is 1.85 bits per heavy atom. The van der Waals surface area contributed by atoms with Gasteiger partial charge in [-0.2, -0.15) is 0 Å². The van der Waals surface area contributed by atoms with E-state index in [4.69, 9.17) is 10.1 Å². The third kappa shape index (κ3) is 4.21. The largest absolute Gasteiger partial charge is 0.342 e. The molecule has 5 nitrogen and oxygen atoms in total. The van der Waals surface area contributed by atoms with Crippen molar-refractivity contribution in [1.82, 2.24) is 19.7 Å². The predicted molar refractivity (Wildman–Crippen MR) is 108 cm³/mol.